The number of benzene rings is 3. The molecule has 0 radical (unpaired) electrons. The summed E-state index contributed by atoms with van der Waals surface area (Å²) in [5.74, 6) is 0.498. The molecule has 0 aliphatic carbocycles. The highest BCUT2D eigenvalue weighted by Gasteiger charge is 2.48. The molecule has 1 fully saturated rings. The summed E-state index contributed by atoms with van der Waals surface area (Å²) >= 11 is 0. The summed E-state index contributed by atoms with van der Waals surface area (Å²) in [6.45, 7) is 0.395. The molecule has 1 aliphatic heterocycles. The van der Waals surface area contributed by atoms with E-state index in [2.05, 4.69) is 0 Å². The Labute approximate surface area is 222 Å². The maximum Gasteiger partial charge on any atom is 0.587 e. The van der Waals surface area contributed by atoms with Crippen LogP contribution in [0, 0.1) is 10.1 Å². The molecule has 0 saturated carbocycles. The van der Waals surface area contributed by atoms with Gasteiger partial charge in [-0.25, -0.2) is 4.57 Å². The quantitative estimate of drug-likeness (QED) is 0.0953. The number of nitrogens with zero attached hydrogens (tertiary/aromatic N) is 1. The summed E-state index contributed by atoms with van der Waals surface area (Å²) in [6, 6.07) is 25.4. The molecule has 1 heterocycles. The van der Waals surface area contributed by atoms with Crippen LogP contribution < -0.4 is 9.05 Å². The van der Waals surface area contributed by atoms with Crippen LogP contribution >= 0.6 is 7.82 Å². The summed E-state index contributed by atoms with van der Waals surface area (Å²) in [4.78, 5) is 12.2. The fraction of sp³-hybridized carbons (Fsp3) is 0.357. The van der Waals surface area contributed by atoms with Crippen LogP contribution in [-0.4, -0.2) is 31.0 Å². The summed E-state index contributed by atoms with van der Waals surface area (Å²) in [5, 5.41) is 12.6. The van der Waals surface area contributed by atoms with Crippen LogP contribution in [0.3, 0.4) is 0 Å². The lowest BCUT2D eigenvalue weighted by Gasteiger charge is -2.28. The van der Waals surface area contributed by atoms with Gasteiger partial charge in [0.25, 0.3) is 5.54 Å². The molecular formula is C28H32NO8P. The average molecular weight is 542 g/mol. The molecule has 1 saturated heterocycles. The number of phosphoric acid groups is 1. The van der Waals surface area contributed by atoms with Gasteiger partial charge >= 0.3 is 7.82 Å². The normalized spacial score (nSPS) is 17.3. The van der Waals surface area contributed by atoms with Crippen molar-refractivity contribution in [2.45, 2.75) is 43.9 Å². The zero-order valence-corrected chi connectivity index (χ0v) is 21.9. The van der Waals surface area contributed by atoms with Crippen molar-refractivity contribution in [3.8, 4) is 11.5 Å². The summed E-state index contributed by atoms with van der Waals surface area (Å²) in [6.07, 6.45) is 2.99. The van der Waals surface area contributed by atoms with Crippen molar-refractivity contribution in [2.75, 3.05) is 19.8 Å². The maximum atomic E-state index is 13.9. The van der Waals surface area contributed by atoms with Crippen LogP contribution in [0.15, 0.2) is 91.0 Å². The van der Waals surface area contributed by atoms with Crippen molar-refractivity contribution in [2.24, 2.45) is 0 Å². The lowest BCUT2D eigenvalue weighted by molar-refractivity contribution is -0.584. The van der Waals surface area contributed by atoms with Crippen molar-refractivity contribution >= 4 is 7.82 Å². The molecular weight excluding hydrogens is 509 g/mol. The zero-order chi connectivity index (χ0) is 26.7. The Hall–Kier alpha value is -3.23. The Kier molecular flexibility index (Phi) is 9.90. The number of nitro groups is 1. The third-order valence-electron chi connectivity index (χ3n) is 6.22. The Morgan fingerprint density at radius 1 is 0.895 bits per heavy atom. The molecule has 202 valence electrons. The maximum absolute atomic E-state index is 13.9. The second-order valence-corrected chi connectivity index (χ2v) is 10.5. The van der Waals surface area contributed by atoms with Gasteiger partial charge in [-0.2, -0.15) is 0 Å². The average Bonchev–Trinajstić information content (AvgIpc) is 2.95. The molecule has 1 aliphatic rings. The van der Waals surface area contributed by atoms with E-state index < -0.39 is 24.9 Å². The first kappa shape index (κ1) is 27.8. The standard InChI is InChI=1S/C28H32NO8P/c30-29(31)28(24-13-4-1-5-14-24,20-12-22-34-27-19-10-11-21-33-27)23-35-38(32,36-25-15-6-2-7-16-25)37-26-17-8-3-9-18-26/h1-9,13-18,27H,10-12,19-23H2. The molecule has 0 aromatic heterocycles. The minimum Gasteiger partial charge on any atom is -0.395 e. The second kappa shape index (κ2) is 13.5. The smallest absolute Gasteiger partial charge is 0.395 e. The first-order valence-electron chi connectivity index (χ1n) is 12.7. The highest BCUT2D eigenvalue weighted by atomic mass is 31.2. The SMILES string of the molecule is O=[N+]([O-])C(CCCOC1CCCCO1)(COP(=O)(Oc1ccccc1)Oc1ccccc1)c1ccccc1. The first-order valence-corrected chi connectivity index (χ1v) is 14.1. The lowest BCUT2D eigenvalue weighted by atomic mass is 9.87. The van der Waals surface area contributed by atoms with Gasteiger partial charge in [-0.3, -0.25) is 14.6 Å². The zero-order valence-electron chi connectivity index (χ0n) is 21.1. The van der Waals surface area contributed by atoms with Crippen LogP contribution in [-0.2, 0) is 24.1 Å². The number of ether oxygens (including phenoxy) is 2. The van der Waals surface area contributed by atoms with Gasteiger partial charge in [0, 0.05) is 23.5 Å². The van der Waals surface area contributed by atoms with Gasteiger partial charge in [-0.05, 0) is 49.9 Å². The molecule has 2 atom stereocenters. The van der Waals surface area contributed by atoms with Crippen LogP contribution in [0.1, 0.15) is 37.7 Å². The Morgan fingerprint density at radius 3 is 2.00 bits per heavy atom. The van der Waals surface area contributed by atoms with Gasteiger partial charge < -0.3 is 18.5 Å². The minimum absolute atomic E-state index is 0.0768. The van der Waals surface area contributed by atoms with Crippen LogP contribution in [0.5, 0.6) is 11.5 Å². The van der Waals surface area contributed by atoms with E-state index in [1.807, 2.05) is 0 Å². The minimum atomic E-state index is -4.34. The van der Waals surface area contributed by atoms with Gasteiger partial charge in [0.05, 0.1) is 6.61 Å². The van der Waals surface area contributed by atoms with Crippen molar-refractivity contribution in [3.05, 3.63) is 107 Å². The molecule has 0 bridgehead atoms. The summed E-state index contributed by atoms with van der Waals surface area (Å²) in [5.41, 5.74) is -1.29. The fourth-order valence-corrected chi connectivity index (χ4v) is 5.47. The molecule has 0 spiro atoms. The fourth-order valence-electron chi connectivity index (χ4n) is 4.20. The van der Waals surface area contributed by atoms with E-state index in [-0.39, 0.29) is 30.8 Å². The highest BCUT2D eigenvalue weighted by Crippen LogP contribution is 2.51. The molecule has 9 nitrogen and oxygen atoms in total. The molecule has 0 amide bonds. The number of para-hydroxylation sites is 2. The summed E-state index contributed by atoms with van der Waals surface area (Å²) in [7, 11) is -4.34. The molecule has 3 aromatic rings. The largest absolute Gasteiger partial charge is 0.587 e. The van der Waals surface area contributed by atoms with E-state index in [0.717, 1.165) is 19.3 Å². The van der Waals surface area contributed by atoms with E-state index >= 15 is 0 Å². The molecule has 10 heteroatoms. The second-order valence-electron chi connectivity index (χ2n) is 8.95. The molecule has 3 aromatic carbocycles. The van der Waals surface area contributed by atoms with E-state index in [1.165, 1.54) is 0 Å². The predicted octanol–water partition coefficient (Wildman–Crippen LogP) is 6.76. The molecule has 4 rings (SSSR count). The van der Waals surface area contributed by atoms with Crippen molar-refractivity contribution < 1.29 is 32.5 Å². The van der Waals surface area contributed by atoms with Gasteiger partial charge in [-0.1, -0.05) is 66.7 Å². The number of rotatable bonds is 14. The Morgan fingerprint density at radius 2 is 1.47 bits per heavy atom. The van der Waals surface area contributed by atoms with Crippen LogP contribution in [0.25, 0.3) is 0 Å². The molecule has 38 heavy (non-hydrogen) atoms. The monoisotopic (exact) mass is 541 g/mol. The van der Waals surface area contributed by atoms with Crippen LogP contribution in [0.2, 0.25) is 0 Å². The molecule has 2 unspecified atom stereocenters. The number of hydrogen-bond donors (Lipinski definition) is 0. The molecule has 0 N–H and O–H groups in total. The third-order valence-corrected chi connectivity index (χ3v) is 7.53. The Balaban J connectivity index is 1.55. The first-order chi connectivity index (χ1) is 18.5. The van der Waals surface area contributed by atoms with Gasteiger partial charge in [0.2, 0.25) is 0 Å². The van der Waals surface area contributed by atoms with Gasteiger partial charge in [0.15, 0.2) is 6.29 Å². The topological polar surface area (TPSA) is 106 Å². The summed E-state index contributed by atoms with van der Waals surface area (Å²) < 4.78 is 42.4. The van der Waals surface area contributed by atoms with E-state index in [9.17, 15) is 14.7 Å². The van der Waals surface area contributed by atoms with Gasteiger partial charge in [-0.15, -0.1) is 0 Å². The van der Waals surface area contributed by atoms with Crippen molar-refractivity contribution in [1.82, 2.24) is 0 Å². The van der Waals surface area contributed by atoms with E-state index in [0.29, 0.717) is 18.6 Å². The van der Waals surface area contributed by atoms with E-state index in [4.69, 9.17) is 23.0 Å². The predicted molar refractivity (Wildman–Crippen MR) is 142 cm³/mol. The van der Waals surface area contributed by atoms with Crippen molar-refractivity contribution in [1.29, 1.82) is 0 Å². The highest BCUT2D eigenvalue weighted by molar-refractivity contribution is 7.49. The van der Waals surface area contributed by atoms with Crippen LogP contribution in [0.4, 0.5) is 0 Å². The number of hydrogen-bond acceptors (Lipinski definition) is 8. The number of phosphoric ester groups is 1. The van der Waals surface area contributed by atoms with E-state index in [1.54, 1.807) is 91.0 Å². The van der Waals surface area contributed by atoms with Crippen molar-refractivity contribution in [3.63, 3.8) is 0 Å². The van der Waals surface area contributed by atoms with Gasteiger partial charge in [0.1, 0.15) is 18.1 Å². The Bertz CT molecular complexity index is 1130. The lowest BCUT2D eigenvalue weighted by Crippen LogP contribution is -2.40. The third kappa shape index (κ3) is 7.65.